The summed E-state index contributed by atoms with van der Waals surface area (Å²) < 4.78 is 30.8. The number of aromatic nitrogens is 2. The summed E-state index contributed by atoms with van der Waals surface area (Å²) in [5, 5.41) is 14.3. The van der Waals surface area contributed by atoms with Crippen LogP contribution in [0.5, 0.6) is 5.88 Å². The number of hydrogen-bond acceptors (Lipinski definition) is 4. The number of nitrogens with zero attached hydrogens (tertiary/aromatic N) is 3. The minimum Gasteiger partial charge on any atom is -0.470 e. The lowest BCUT2D eigenvalue weighted by molar-refractivity contribution is -0.572. The van der Waals surface area contributed by atoms with Gasteiger partial charge in [-0.15, -0.1) is 0 Å². The second-order valence-electron chi connectivity index (χ2n) is 3.91. The third-order valence-corrected chi connectivity index (χ3v) is 2.45. The summed E-state index contributed by atoms with van der Waals surface area (Å²) in [6.07, 6.45) is -2.71. The summed E-state index contributed by atoms with van der Waals surface area (Å²) in [4.78, 5) is 10.3. The molecule has 1 unspecified atom stereocenters. The highest BCUT2D eigenvalue weighted by Gasteiger charge is 2.43. The Kier molecular flexibility index (Phi) is 2.28. The van der Waals surface area contributed by atoms with Gasteiger partial charge in [-0.2, -0.15) is 5.10 Å². The molecular formula is C8H9F2N3O3. The number of rotatable bonds is 2. The smallest absolute Gasteiger partial charge is 0.282 e. The monoisotopic (exact) mass is 233 g/mol. The van der Waals surface area contributed by atoms with Crippen LogP contribution in [-0.4, -0.2) is 26.8 Å². The van der Waals surface area contributed by atoms with E-state index in [0.29, 0.717) is 0 Å². The fourth-order valence-electron chi connectivity index (χ4n) is 1.46. The molecule has 1 atom stereocenters. The minimum absolute atomic E-state index is 0.0674. The molecule has 1 aromatic rings. The highest BCUT2D eigenvalue weighted by atomic mass is 19.3. The van der Waals surface area contributed by atoms with Crippen LogP contribution in [0.2, 0.25) is 0 Å². The molecule has 8 heteroatoms. The lowest BCUT2D eigenvalue weighted by atomic mass is 10.0. The average molecular weight is 233 g/mol. The van der Waals surface area contributed by atoms with E-state index in [9.17, 15) is 18.9 Å². The molecule has 2 heterocycles. The third kappa shape index (κ3) is 1.59. The molecule has 0 aromatic carbocycles. The van der Waals surface area contributed by atoms with Gasteiger partial charge in [-0.25, -0.2) is 13.5 Å². The van der Waals surface area contributed by atoms with Gasteiger partial charge >= 0.3 is 0 Å². The first-order valence-electron chi connectivity index (χ1n) is 4.55. The van der Waals surface area contributed by atoms with Gasteiger partial charge in [-0.3, -0.25) is 10.1 Å². The maximum absolute atomic E-state index is 12.3. The molecule has 16 heavy (non-hydrogen) atoms. The lowest BCUT2D eigenvalue weighted by Crippen LogP contribution is -2.48. The van der Waals surface area contributed by atoms with Crippen LogP contribution in [0.1, 0.15) is 19.0 Å². The molecule has 0 saturated carbocycles. The molecule has 1 aliphatic heterocycles. The molecule has 0 saturated heterocycles. The van der Waals surface area contributed by atoms with E-state index in [4.69, 9.17) is 4.74 Å². The Morgan fingerprint density at radius 1 is 1.75 bits per heavy atom. The van der Waals surface area contributed by atoms with Crippen molar-refractivity contribution in [3.63, 3.8) is 0 Å². The van der Waals surface area contributed by atoms with Gasteiger partial charge in [0, 0.05) is 17.9 Å². The highest BCUT2D eigenvalue weighted by molar-refractivity contribution is 5.19. The summed E-state index contributed by atoms with van der Waals surface area (Å²) in [6, 6.07) is 1.10. The fourth-order valence-corrected chi connectivity index (χ4v) is 1.46. The topological polar surface area (TPSA) is 70.2 Å². The predicted molar refractivity (Wildman–Crippen MR) is 48.1 cm³/mol. The van der Waals surface area contributed by atoms with Crippen molar-refractivity contribution in [3.8, 4) is 5.88 Å². The van der Waals surface area contributed by atoms with Gasteiger partial charge in [0.1, 0.15) is 12.2 Å². The van der Waals surface area contributed by atoms with Crippen LogP contribution in [0.4, 0.5) is 8.78 Å². The van der Waals surface area contributed by atoms with E-state index >= 15 is 0 Å². The molecule has 2 rings (SSSR count). The van der Waals surface area contributed by atoms with Crippen molar-refractivity contribution in [2.24, 2.45) is 0 Å². The summed E-state index contributed by atoms with van der Waals surface area (Å²) in [6.45, 7) is 1.18. The highest BCUT2D eigenvalue weighted by Crippen LogP contribution is 2.28. The number of alkyl halides is 2. The van der Waals surface area contributed by atoms with Crippen LogP contribution in [0.25, 0.3) is 0 Å². The normalized spacial score (nSPS) is 24.0. The Bertz CT molecular complexity index is 434. The maximum atomic E-state index is 12.3. The van der Waals surface area contributed by atoms with Crippen LogP contribution in [0.15, 0.2) is 6.07 Å². The van der Waals surface area contributed by atoms with Crippen LogP contribution in [0.3, 0.4) is 0 Å². The summed E-state index contributed by atoms with van der Waals surface area (Å²) in [5.41, 5.74) is -1.75. The molecule has 0 bridgehead atoms. The molecule has 0 fully saturated rings. The number of nitro groups is 1. The maximum Gasteiger partial charge on any atom is 0.282 e. The Hall–Kier alpha value is -1.73. The van der Waals surface area contributed by atoms with Gasteiger partial charge in [-0.1, -0.05) is 0 Å². The molecule has 1 aromatic heterocycles. The van der Waals surface area contributed by atoms with E-state index < -0.39 is 22.6 Å². The molecule has 6 nitrogen and oxygen atoms in total. The number of halogens is 2. The fraction of sp³-hybridized carbons (Fsp3) is 0.625. The van der Waals surface area contributed by atoms with Crippen molar-refractivity contribution in [3.05, 3.63) is 21.9 Å². The van der Waals surface area contributed by atoms with E-state index in [1.54, 1.807) is 0 Å². The Labute approximate surface area is 89.0 Å². The first kappa shape index (κ1) is 10.8. The van der Waals surface area contributed by atoms with Gasteiger partial charge in [0.25, 0.3) is 12.0 Å². The number of ether oxygens (including phenoxy) is 1. The van der Waals surface area contributed by atoms with Gasteiger partial charge in [-0.05, 0) is 0 Å². The first-order valence-corrected chi connectivity index (χ1v) is 4.55. The number of hydrogen-bond donors (Lipinski definition) is 0. The predicted octanol–water partition coefficient (Wildman–Crippen LogP) is 1.25. The third-order valence-electron chi connectivity index (χ3n) is 2.45. The van der Waals surface area contributed by atoms with Gasteiger partial charge in [0.05, 0.1) is 0 Å². The summed E-state index contributed by atoms with van der Waals surface area (Å²) in [5.74, 6) is 0.148. The van der Waals surface area contributed by atoms with E-state index in [1.165, 1.54) is 6.92 Å². The number of fused-ring (bicyclic) bond motifs is 1. The van der Waals surface area contributed by atoms with E-state index in [1.807, 2.05) is 0 Å². The van der Waals surface area contributed by atoms with Crippen molar-refractivity contribution in [1.29, 1.82) is 0 Å². The van der Waals surface area contributed by atoms with E-state index in [0.717, 1.165) is 10.7 Å². The van der Waals surface area contributed by atoms with Crippen molar-refractivity contribution in [2.45, 2.75) is 25.4 Å². The van der Waals surface area contributed by atoms with E-state index in [-0.39, 0.29) is 19.0 Å². The zero-order valence-corrected chi connectivity index (χ0v) is 8.39. The van der Waals surface area contributed by atoms with Gasteiger partial charge in [0.15, 0.2) is 6.61 Å². The SMILES string of the molecule is CC1([N+](=O)[O-])COc2cc(C(F)F)nn2C1. The Morgan fingerprint density at radius 2 is 2.44 bits per heavy atom. The minimum atomic E-state index is -2.71. The van der Waals surface area contributed by atoms with Crippen LogP contribution >= 0.6 is 0 Å². The molecule has 88 valence electrons. The van der Waals surface area contributed by atoms with Crippen molar-refractivity contribution in [2.75, 3.05) is 6.61 Å². The molecule has 0 amide bonds. The average Bonchev–Trinajstić information content (AvgIpc) is 2.60. The van der Waals surface area contributed by atoms with Crippen LogP contribution < -0.4 is 4.74 Å². The summed E-state index contributed by atoms with van der Waals surface area (Å²) in [7, 11) is 0. The zero-order valence-electron chi connectivity index (χ0n) is 8.39. The van der Waals surface area contributed by atoms with Crippen molar-refractivity contribution >= 4 is 0 Å². The largest absolute Gasteiger partial charge is 0.470 e. The molecule has 1 aliphatic rings. The molecule has 0 N–H and O–H groups in total. The van der Waals surface area contributed by atoms with Gasteiger partial charge in [0.2, 0.25) is 5.88 Å². The molecule has 0 aliphatic carbocycles. The first-order chi connectivity index (χ1) is 7.42. The van der Waals surface area contributed by atoms with Gasteiger partial charge < -0.3 is 4.74 Å². The van der Waals surface area contributed by atoms with Crippen molar-refractivity contribution in [1.82, 2.24) is 9.78 Å². The Morgan fingerprint density at radius 3 is 3.00 bits per heavy atom. The van der Waals surface area contributed by atoms with Crippen LogP contribution in [0, 0.1) is 10.1 Å². The molecule has 0 radical (unpaired) electrons. The zero-order chi connectivity index (χ0) is 11.9. The van der Waals surface area contributed by atoms with E-state index in [2.05, 4.69) is 5.10 Å². The Balaban J connectivity index is 2.30. The lowest BCUT2D eigenvalue weighted by Gasteiger charge is -2.26. The quantitative estimate of drug-likeness (QED) is 0.569. The second-order valence-corrected chi connectivity index (χ2v) is 3.91. The molecule has 0 spiro atoms. The standard InChI is InChI=1S/C8H9F2N3O3/c1-8(13(14)15)3-12-6(16-4-8)2-5(11-12)7(9)10/h2,7H,3-4H2,1H3. The second kappa shape index (κ2) is 3.39. The van der Waals surface area contributed by atoms with Crippen molar-refractivity contribution < 1.29 is 18.4 Å². The summed E-state index contributed by atoms with van der Waals surface area (Å²) >= 11 is 0. The molecular weight excluding hydrogens is 224 g/mol. The van der Waals surface area contributed by atoms with Crippen LogP contribution in [-0.2, 0) is 6.54 Å².